The highest BCUT2D eigenvalue weighted by atomic mass is 79.9. The van der Waals surface area contributed by atoms with Crippen LogP contribution < -0.4 is 15.4 Å². The van der Waals surface area contributed by atoms with E-state index in [1.54, 1.807) is 42.5 Å². The Bertz CT molecular complexity index is 1180. The predicted octanol–water partition coefficient (Wildman–Crippen LogP) is 7.68. The summed E-state index contributed by atoms with van der Waals surface area (Å²) >= 11 is 3.49. The lowest BCUT2D eigenvalue weighted by Gasteiger charge is -2.19. The number of halogens is 1. The fourth-order valence-corrected chi connectivity index (χ4v) is 3.86. The fourth-order valence-electron chi connectivity index (χ4n) is 3.37. The topological polar surface area (TPSA) is 67.4 Å². The average Bonchev–Trinajstić information content (AvgIpc) is 2.79. The molecule has 0 unspecified atom stereocenters. The number of anilines is 2. The maximum atomic E-state index is 12.8. The van der Waals surface area contributed by atoms with Crippen LogP contribution in [0.25, 0.3) is 0 Å². The van der Waals surface area contributed by atoms with Crippen molar-refractivity contribution in [1.29, 1.82) is 0 Å². The first kappa shape index (κ1) is 26.5. The van der Waals surface area contributed by atoms with Crippen LogP contribution in [0.1, 0.15) is 67.3 Å². The first-order valence-corrected chi connectivity index (χ1v) is 12.6. The molecule has 0 fully saturated rings. The van der Waals surface area contributed by atoms with Crippen molar-refractivity contribution in [3.8, 4) is 5.75 Å². The molecule has 3 aromatic carbocycles. The second kappa shape index (κ2) is 11.5. The number of hydrogen-bond acceptors (Lipinski definition) is 3. The van der Waals surface area contributed by atoms with Crippen molar-refractivity contribution in [1.82, 2.24) is 0 Å². The molecule has 0 spiro atoms. The third-order valence-corrected chi connectivity index (χ3v) is 6.16. The Kier molecular flexibility index (Phi) is 8.73. The smallest absolute Gasteiger partial charge is 0.255 e. The van der Waals surface area contributed by atoms with Gasteiger partial charge in [-0.05, 0) is 87.8 Å². The molecule has 0 aliphatic carbocycles. The molecule has 0 saturated heterocycles. The zero-order valence-electron chi connectivity index (χ0n) is 20.9. The number of carbonyl (C=O) groups is 2. The van der Waals surface area contributed by atoms with Crippen LogP contribution in [0, 0.1) is 5.92 Å². The van der Waals surface area contributed by atoms with E-state index in [1.165, 1.54) is 5.56 Å². The number of carbonyl (C=O) groups excluding carboxylic acids is 2. The third kappa shape index (κ3) is 7.69. The van der Waals surface area contributed by atoms with Crippen molar-refractivity contribution in [3.63, 3.8) is 0 Å². The van der Waals surface area contributed by atoms with Gasteiger partial charge in [-0.25, -0.2) is 0 Å². The molecule has 0 aliphatic heterocycles. The summed E-state index contributed by atoms with van der Waals surface area (Å²) in [5, 5.41) is 5.79. The highest BCUT2D eigenvalue weighted by molar-refractivity contribution is 9.10. The minimum Gasteiger partial charge on any atom is -0.492 e. The first-order valence-electron chi connectivity index (χ1n) is 11.8. The maximum absolute atomic E-state index is 12.8. The highest BCUT2D eigenvalue weighted by Crippen LogP contribution is 2.27. The molecular weight excluding hydrogens is 504 g/mol. The zero-order valence-corrected chi connectivity index (χ0v) is 22.5. The van der Waals surface area contributed by atoms with Crippen molar-refractivity contribution in [2.24, 2.45) is 5.92 Å². The van der Waals surface area contributed by atoms with Gasteiger partial charge in [0.05, 0.1) is 11.1 Å². The number of rotatable bonds is 8. The van der Waals surface area contributed by atoms with E-state index in [2.05, 4.69) is 61.2 Å². The molecule has 0 bridgehead atoms. The summed E-state index contributed by atoms with van der Waals surface area (Å²) in [5.74, 6) is 0.822. The number of nitrogens with one attached hydrogen (secondary N) is 2. The summed E-state index contributed by atoms with van der Waals surface area (Å²) in [6, 6.07) is 20.0. The molecule has 0 aliphatic rings. The molecule has 6 heteroatoms. The SMILES string of the molecule is CC(C)CCOc1ccc(C(=O)Nc2cccc(NC(=O)c3ccc(C(C)(C)C)cc3)c2)cc1Br. The lowest BCUT2D eigenvalue weighted by molar-refractivity contribution is 0.101. The molecule has 184 valence electrons. The first-order chi connectivity index (χ1) is 16.5. The maximum Gasteiger partial charge on any atom is 0.255 e. The minimum atomic E-state index is -0.249. The normalized spacial score (nSPS) is 11.3. The second-order valence-electron chi connectivity index (χ2n) is 9.99. The van der Waals surface area contributed by atoms with Crippen LogP contribution in [-0.2, 0) is 5.41 Å². The summed E-state index contributed by atoms with van der Waals surface area (Å²) in [6.07, 6.45) is 0.962. The molecule has 3 aromatic rings. The van der Waals surface area contributed by atoms with Gasteiger partial charge in [0.15, 0.2) is 0 Å². The van der Waals surface area contributed by atoms with Gasteiger partial charge in [0, 0.05) is 22.5 Å². The molecule has 0 heterocycles. The van der Waals surface area contributed by atoms with E-state index in [9.17, 15) is 9.59 Å². The van der Waals surface area contributed by atoms with E-state index in [4.69, 9.17) is 4.74 Å². The van der Waals surface area contributed by atoms with Gasteiger partial charge in [0.2, 0.25) is 0 Å². The van der Waals surface area contributed by atoms with E-state index in [-0.39, 0.29) is 17.2 Å². The van der Waals surface area contributed by atoms with Crippen molar-refractivity contribution in [2.75, 3.05) is 17.2 Å². The standard InChI is InChI=1S/C29H33BrN2O3/c1-19(2)15-16-35-26-14-11-21(17-25(26)30)28(34)32-24-8-6-7-23(18-24)31-27(33)20-9-12-22(13-10-20)29(3,4)5/h6-14,17-19H,15-16H2,1-5H3,(H,31,33)(H,32,34). The fraction of sp³-hybridized carbons (Fsp3) is 0.310. The third-order valence-electron chi connectivity index (χ3n) is 5.54. The molecular formula is C29H33BrN2O3. The monoisotopic (exact) mass is 536 g/mol. The molecule has 5 nitrogen and oxygen atoms in total. The number of ether oxygens (including phenoxy) is 1. The molecule has 2 amide bonds. The molecule has 0 aromatic heterocycles. The van der Waals surface area contributed by atoms with Gasteiger partial charge >= 0.3 is 0 Å². The number of benzene rings is 3. The summed E-state index contributed by atoms with van der Waals surface area (Å²) in [6.45, 7) is 11.3. The van der Waals surface area contributed by atoms with Crippen molar-refractivity contribution in [3.05, 3.63) is 87.9 Å². The van der Waals surface area contributed by atoms with Crippen LogP contribution >= 0.6 is 15.9 Å². The summed E-state index contributed by atoms with van der Waals surface area (Å²) in [5.41, 5.74) is 3.46. The Morgan fingerprint density at radius 2 is 1.43 bits per heavy atom. The molecule has 35 heavy (non-hydrogen) atoms. The van der Waals surface area contributed by atoms with Crippen molar-refractivity contribution < 1.29 is 14.3 Å². The van der Waals surface area contributed by atoms with E-state index in [0.29, 0.717) is 40.8 Å². The van der Waals surface area contributed by atoms with Gasteiger partial charge in [0.1, 0.15) is 5.75 Å². The van der Waals surface area contributed by atoms with Crippen LogP contribution in [0.15, 0.2) is 71.2 Å². The zero-order chi connectivity index (χ0) is 25.6. The van der Waals surface area contributed by atoms with Gasteiger partial charge in [-0.3, -0.25) is 9.59 Å². The molecule has 0 radical (unpaired) electrons. The predicted molar refractivity (Wildman–Crippen MR) is 147 cm³/mol. The van der Waals surface area contributed by atoms with Crippen molar-refractivity contribution in [2.45, 2.75) is 46.5 Å². The lowest BCUT2D eigenvalue weighted by Crippen LogP contribution is -2.15. The lowest BCUT2D eigenvalue weighted by atomic mass is 9.87. The molecule has 0 saturated carbocycles. The van der Waals surface area contributed by atoms with Gasteiger partial charge < -0.3 is 15.4 Å². The summed E-state index contributed by atoms with van der Waals surface area (Å²) in [4.78, 5) is 25.5. The van der Waals surface area contributed by atoms with Gasteiger partial charge in [-0.1, -0.05) is 52.8 Å². The minimum absolute atomic E-state index is 0.0260. The largest absolute Gasteiger partial charge is 0.492 e. The van der Waals surface area contributed by atoms with Crippen LogP contribution in [0.4, 0.5) is 11.4 Å². The van der Waals surface area contributed by atoms with Crippen molar-refractivity contribution >= 4 is 39.1 Å². The van der Waals surface area contributed by atoms with Crippen LogP contribution in [-0.4, -0.2) is 18.4 Å². The Hall–Kier alpha value is -3.12. The summed E-state index contributed by atoms with van der Waals surface area (Å²) in [7, 11) is 0. The molecule has 0 atom stereocenters. The highest BCUT2D eigenvalue weighted by Gasteiger charge is 2.15. The average molecular weight is 537 g/mol. The number of amides is 2. The second-order valence-corrected chi connectivity index (χ2v) is 10.8. The molecule has 3 rings (SSSR count). The molecule has 2 N–H and O–H groups in total. The van der Waals surface area contributed by atoms with E-state index in [0.717, 1.165) is 10.9 Å². The van der Waals surface area contributed by atoms with E-state index < -0.39 is 0 Å². The quantitative estimate of drug-likeness (QED) is 0.310. The Labute approximate surface area is 216 Å². The van der Waals surface area contributed by atoms with E-state index >= 15 is 0 Å². The van der Waals surface area contributed by atoms with Gasteiger partial charge in [0.25, 0.3) is 11.8 Å². The van der Waals surface area contributed by atoms with Gasteiger partial charge in [-0.2, -0.15) is 0 Å². The summed E-state index contributed by atoms with van der Waals surface area (Å²) < 4.78 is 6.52. The van der Waals surface area contributed by atoms with Crippen LogP contribution in [0.5, 0.6) is 5.75 Å². The Morgan fingerprint density at radius 3 is 1.97 bits per heavy atom. The van der Waals surface area contributed by atoms with Crippen LogP contribution in [0.2, 0.25) is 0 Å². The van der Waals surface area contributed by atoms with Crippen LogP contribution in [0.3, 0.4) is 0 Å². The number of hydrogen-bond donors (Lipinski definition) is 2. The Balaban J connectivity index is 1.63. The van der Waals surface area contributed by atoms with Gasteiger partial charge in [-0.15, -0.1) is 0 Å². The Morgan fingerprint density at radius 1 is 0.857 bits per heavy atom. The van der Waals surface area contributed by atoms with E-state index in [1.807, 2.05) is 24.3 Å².